The van der Waals surface area contributed by atoms with Crippen LogP contribution in [0, 0.1) is 0 Å². The molecule has 118 valence electrons. The van der Waals surface area contributed by atoms with Crippen molar-refractivity contribution in [1.29, 1.82) is 0 Å². The smallest absolute Gasteiger partial charge is 0.256 e. The third-order valence-electron chi connectivity index (χ3n) is 3.51. The molecule has 0 aromatic heterocycles. The van der Waals surface area contributed by atoms with Crippen molar-refractivity contribution >= 4 is 62.3 Å². The van der Waals surface area contributed by atoms with Crippen LogP contribution in [0.1, 0.15) is 6.42 Å². The molecule has 1 aliphatic heterocycles. The van der Waals surface area contributed by atoms with Gasteiger partial charge in [-0.15, -0.1) is 0 Å². The molecule has 1 fully saturated rings. The highest BCUT2D eigenvalue weighted by atomic mass is 79.9. The SMILES string of the molecule is O=C1C[C@@H](Nc2ccccc2Br)C(=O)N1c1ccc(Cl)c(Cl)c1. The van der Waals surface area contributed by atoms with Crippen LogP contribution in [0.5, 0.6) is 0 Å². The molecule has 0 saturated carbocycles. The van der Waals surface area contributed by atoms with Crippen molar-refractivity contribution in [2.24, 2.45) is 0 Å². The Labute approximate surface area is 151 Å². The van der Waals surface area contributed by atoms with Crippen LogP contribution in [0.25, 0.3) is 0 Å². The van der Waals surface area contributed by atoms with Crippen molar-refractivity contribution in [2.75, 3.05) is 10.2 Å². The molecule has 1 heterocycles. The standard InChI is InChI=1S/C16H11BrCl2N2O2/c17-10-3-1-2-4-13(10)20-14-8-15(22)21(16(14)23)9-5-6-11(18)12(19)7-9/h1-7,14,20H,8H2/t14-/m1/s1. The third-order valence-corrected chi connectivity index (χ3v) is 4.94. The van der Waals surface area contributed by atoms with E-state index >= 15 is 0 Å². The highest BCUT2D eigenvalue weighted by Crippen LogP contribution is 2.31. The molecule has 2 aromatic carbocycles. The van der Waals surface area contributed by atoms with Gasteiger partial charge in [0.15, 0.2) is 0 Å². The van der Waals surface area contributed by atoms with Gasteiger partial charge in [-0.1, -0.05) is 35.3 Å². The van der Waals surface area contributed by atoms with Crippen LogP contribution in [0.2, 0.25) is 10.0 Å². The van der Waals surface area contributed by atoms with Gasteiger partial charge < -0.3 is 5.32 Å². The maximum Gasteiger partial charge on any atom is 0.256 e. The summed E-state index contributed by atoms with van der Waals surface area (Å²) in [7, 11) is 0. The second-order valence-electron chi connectivity index (χ2n) is 5.05. The van der Waals surface area contributed by atoms with E-state index in [0.717, 1.165) is 15.1 Å². The number of halogens is 3. The fourth-order valence-corrected chi connectivity index (χ4v) is 3.10. The van der Waals surface area contributed by atoms with E-state index in [9.17, 15) is 9.59 Å². The first-order valence-corrected chi connectivity index (χ1v) is 8.35. The largest absolute Gasteiger partial charge is 0.372 e. The number of carbonyl (C=O) groups excluding carboxylic acids is 2. The Morgan fingerprint density at radius 3 is 2.52 bits per heavy atom. The van der Waals surface area contributed by atoms with Crippen LogP contribution in [-0.2, 0) is 9.59 Å². The van der Waals surface area contributed by atoms with Gasteiger partial charge in [0.25, 0.3) is 5.91 Å². The highest BCUT2D eigenvalue weighted by molar-refractivity contribution is 9.10. The van der Waals surface area contributed by atoms with Crippen molar-refractivity contribution in [2.45, 2.75) is 12.5 Å². The number of nitrogens with one attached hydrogen (secondary N) is 1. The quantitative estimate of drug-likeness (QED) is 0.753. The summed E-state index contributed by atoms with van der Waals surface area (Å²) in [5, 5.41) is 3.77. The van der Waals surface area contributed by atoms with E-state index in [1.807, 2.05) is 24.3 Å². The lowest BCUT2D eigenvalue weighted by molar-refractivity contribution is -0.121. The molecule has 1 N–H and O–H groups in total. The van der Waals surface area contributed by atoms with Crippen LogP contribution < -0.4 is 10.2 Å². The Morgan fingerprint density at radius 2 is 1.83 bits per heavy atom. The number of hydrogen-bond acceptors (Lipinski definition) is 3. The fourth-order valence-electron chi connectivity index (χ4n) is 2.41. The Hall–Kier alpha value is -1.56. The summed E-state index contributed by atoms with van der Waals surface area (Å²) < 4.78 is 0.827. The average Bonchev–Trinajstić information content (AvgIpc) is 2.79. The van der Waals surface area contributed by atoms with Crippen LogP contribution in [0.15, 0.2) is 46.9 Å². The fraction of sp³-hybridized carbons (Fsp3) is 0.125. The Balaban J connectivity index is 1.85. The normalized spacial score (nSPS) is 17.7. The van der Waals surface area contributed by atoms with Gasteiger partial charge in [-0.05, 0) is 46.3 Å². The van der Waals surface area contributed by atoms with E-state index in [1.54, 1.807) is 12.1 Å². The monoisotopic (exact) mass is 412 g/mol. The first-order chi connectivity index (χ1) is 11.0. The van der Waals surface area contributed by atoms with Gasteiger partial charge in [-0.25, -0.2) is 4.90 Å². The van der Waals surface area contributed by atoms with Gasteiger partial charge in [-0.2, -0.15) is 0 Å². The van der Waals surface area contributed by atoms with E-state index in [0.29, 0.717) is 15.7 Å². The van der Waals surface area contributed by atoms with Gasteiger partial charge in [0.05, 0.1) is 22.2 Å². The molecule has 0 unspecified atom stereocenters. The van der Waals surface area contributed by atoms with E-state index in [-0.39, 0.29) is 18.2 Å². The van der Waals surface area contributed by atoms with E-state index < -0.39 is 6.04 Å². The van der Waals surface area contributed by atoms with Gasteiger partial charge in [0.2, 0.25) is 5.91 Å². The lowest BCUT2D eigenvalue weighted by atomic mass is 10.2. The molecule has 1 saturated heterocycles. The minimum Gasteiger partial charge on any atom is -0.372 e. The summed E-state index contributed by atoms with van der Waals surface area (Å²) in [6.45, 7) is 0. The second-order valence-corrected chi connectivity index (χ2v) is 6.72. The first kappa shape index (κ1) is 16.3. The lowest BCUT2D eigenvalue weighted by Gasteiger charge is -2.17. The number of amides is 2. The maximum absolute atomic E-state index is 12.6. The zero-order valence-electron chi connectivity index (χ0n) is 11.7. The topological polar surface area (TPSA) is 49.4 Å². The first-order valence-electron chi connectivity index (χ1n) is 6.80. The second kappa shape index (κ2) is 6.51. The summed E-state index contributed by atoms with van der Waals surface area (Å²) in [5.41, 5.74) is 1.18. The molecular weight excluding hydrogens is 403 g/mol. The van der Waals surface area contributed by atoms with Crippen molar-refractivity contribution in [3.8, 4) is 0 Å². The minimum absolute atomic E-state index is 0.0837. The summed E-state index contributed by atoms with van der Waals surface area (Å²) in [6, 6.07) is 11.5. The zero-order valence-corrected chi connectivity index (χ0v) is 14.8. The molecule has 1 aliphatic rings. The predicted molar refractivity (Wildman–Crippen MR) is 95.1 cm³/mol. The van der Waals surface area contributed by atoms with E-state index in [2.05, 4.69) is 21.2 Å². The summed E-state index contributed by atoms with van der Waals surface area (Å²) in [6.07, 6.45) is 0.0837. The highest BCUT2D eigenvalue weighted by Gasteiger charge is 2.39. The van der Waals surface area contributed by atoms with Gasteiger partial charge >= 0.3 is 0 Å². The number of hydrogen-bond donors (Lipinski definition) is 1. The van der Waals surface area contributed by atoms with Crippen molar-refractivity contribution in [1.82, 2.24) is 0 Å². The summed E-state index contributed by atoms with van der Waals surface area (Å²) in [5.74, 6) is -0.595. The summed E-state index contributed by atoms with van der Waals surface area (Å²) >= 11 is 15.3. The molecule has 23 heavy (non-hydrogen) atoms. The van der Waals surface area contributed by atoms with Crippen molar-refractivity contribution < 1.29 is 9.59 Å². The molecule has 3 rings (SSSR count). The zero-order chi connectivity index (χ0) is 16.6. The molecule has 2 amide bonds. The van der Waals surface area contributed by atoms with Gasteiger partial charge in [0.1, 0.15) is 6.04 Å². The molecule has 4 nitrogen and oxygen atoms in total. The van der Waals surface area contributed by atoms with Gasteiger partial charge in [-0.3, -0.25) is 9.59 Å². The summed E-state index contributed by atoms with van der Waals surface area (Å²) in [4.78, 5) is 26.0. The number of anilines is 2. The van der Waals surface area contributed by atoms with Crippen molar-refractivity contribution in [3.63, 3.8) is 0 Å². The number of nitrogens with zero attached hydrogens (tertiary/aromatic N) is 1. The third kappa shape index (κ3) is 3.22. The number of benzene rings is 2. The average molecular weight is 414 g/mol. The molecule has 7 heteroatoms. The molecule has 0 aliphatic carbocycles. The van der Waals surface area contributed by atoms with Crippen LogP contribution in [0.4, 0.5) is 11.4 Å². The minimum atomic E-state index is -0.615. The Bertz CT molecular complexity index is 797. The molecule has 1 atom stereocenters. The number of rotatable bonds is 3. The molecule has 2 aromatic rings. The van der Waals surface area contributed by atoms with Crippen LogP contribution in [0.3, 0.4) is 0 Å². The van der Waals surface area contributed by atoms with Gasteiger partial charge in [0, 0.05) is 10.2 Å². The van der Waals surface area contributed by atoms with Crippen LogP contribution >= 0.6 is 39.1 Å². The predicted octanol–water partition coefficient (Wildman–Crippen LogP) is 4.50. The number of para-hydroxylation sites is 1. The lowest BCUT2D eigenvalue weighted by Crippen LogP contribution is -2.34. The van der Waals surface area contributed by atoms with Crippen LogP contribution in [-0.4, -0.2) is 17.9 Å². The Morgan fingerprint density at radius 1 is 1.09 bits per heavy atom. The maximum atomic E-state index is 12.6. The number of carbonyl (C=O) groups is 2. The molecular formula is C16H11BrCl2N2O2. The number of imide groups is 1. The van der Waals surface area contributed by atoms with Crippen molar-refractivity contribution in [3.05, 3.63) is 57.0 Å². The molecule has 0 spiro atoms. The van der Waals surface area contributed by atoms with E-state index in [1.165, 1.54) is 6.07 Å². The molecule has 0 bridgehead atoms. The Kier molecular flexibility index (Phi) is 4.62. The van der Waals surface area contributed by atoms with E-state index in [4.69, 9.17) is 23.2 Å². The molecule has 0 radical (unpaired) electrons.